The molecule has 0 N–H and O–H groups in total. The van der Waals surface area contributed by atoms with Gasteiger partial charge in [-0.2, -0.15) is 0 Å². The molecule has 0 radical (unpaired) electrons. The van der Waals surface area contributed by atoms with E-state index in [2.05, 4.69) is 41.3 Å². The Labute approximate surface area is 159 Å². The van der Waals surface area contributed by atoms with E-state index in [1.807, 2.05) is 24.3 Å². The summed E-state index contributed by atoms with van der Waals surface area (Å²) in [5, 5.41) is 0. The van der Waals surface area contributed by atoms with Crippen LogP contribution in [0.25, 0.3) is 16.7 Å². The van der Waals surface area contributed by atoms with E-state index >= 15 is 0 Å². The number of fused-ring (bicyclic) bond motifs is 3. The molecule has 0 aliphatic carbocycles. The molecule has 1 aliphatic heterocycles. The number of pyridine rings is 1. The Balaban J connectivity index is 2.10. The van der Waals surface area contributed by atoms with Crippen molar-refractivity contribution in [2.45, 2.75) is 32.4 Å². The Hall–Kier alpha value is -2.60. The van der Waals surface area contributed by atoms with Crippen LogP contribution in [0.2, 0.25) is 0 Å². The molecule has 27 heavy (non-hydrogen) atoms. The molecule has 0 spiro atoms. The largest absolute Gasteiger partial charge is 0.465 e. The second-order valence-electron chi connectivity index (χ2n) is 7.29. The highest BCUT2D eigenvalue weighted by molar-refractivity contribution is 5.99. The molecule has 1 aliphatic rings. The molecule has 6 heteroatoms. The van der Waals surface area contributed by atoms with E-state index in [0.717, 1.165) is 48.2 Å². The molecule has 2 aromatic heterocycles. The van der Waals surface area contributed by atoms with Crippen LogP contribution in [0, 0.1) is 0 Å². The van der Waals surface area contributed by atoms with Crippen molar-refractivity contribution >= 4 is 28.5 Å². The Bertz CT molecular complexity index is 1010. The normalized spacial score (nSPS) is 17.4. The fourth-order valence-corrected chi connectivity index (χ4v) is 4.23. The number of nitrogens with zero attached hydrogens (tertiary/aromatic N) is 4. The number of anilines is 1. The minimum atomic E-state index is -0.345. The summed E-state index contributed by atoms with van der Waals surface area (Å²) in [7, 11) is 5.67. The zero-order valence-corrected chi connectivity index (χ0v) is 16.4. The number of para-hydroxylation sites is 2. The summed E-state index contributed by atoms with van der Waals surface area (Å²) in [6.07, 6.45) is 3.45. The Morgan fingerprint density at radius 1 is 1.33 bits per heavy atom. The number of esters is 1. The third-order valence-corrected chi connectivity index (χ3v) is 5.49. The Kier molecular flexibility index (Phi) is 4.52. The first kappa shape index (κ1) is 17.8. The van der Waals surface area contributed by atoms with Gasteiger partial charge in [-0.05, 0) is 57.1 Å². The number of benzene rings is 1. The maximum atomic E-state index is 12.5. The summed E-state index contributed by atoms with van der Waals surface area (Å²) in [6.45, 7) is 3.13. The molecule has 0 unspecified atom stereocenters. The van der Waals surface area contributed by atoms with Gasteiger partial charge in [0.1, 0.15) is 11.4 Å². The lowest BCUT2D eigenvalue weighted by molar-refractivity contribution is 0.0602. The lowest BCUT2D eigenvalue weighted by Gasteiger charge is -2.33. The Morgan fingerprint density at radius 2 is 2.11 bits per heavy atom. The number of hydrogen-bond acceptors (Lipinski definition) is 5. The maximum Gasteiger partial charge on any atom is 0.341 e. The van der Waals surface area contributed by atoms with Crippen molar-refractivity contribution in [3.05, 3.63) is 41.5 Å². The smallest absolute Gasteiger partial charge is 0.341 e. The molecule has 3 heterocycles. The van der Waals surface area contributed by atoms with Crippen LogP contribution in [0.3, 0.4) is 0 Å². The molecule has 1 fully saturated rings. The van der Waals surface area contributed by atoms with Gasteiger partial charge >= 0.3 is 5.97 Å². The van der Waals surface area contributed by atoms with Gasteiger partial charge in [-0.3, -0.25) is 9.30 Å². The van der Waals surface area contributed by atoms with E-state index in [1.165, 1.54) is 7.11 Å². The minimum Gasteiger partial charge on any atom is -0.465 e. The van der Waals surface area contributed by atoms with Crippen LogP contribution in [0.4, 0.5) is 5.82 Å². The number of aromatic nitrogens is 2. The molecule has 0 bridgehead atoms. The topological polar surface area (TPSA) is 50.1 Å². The van der Waals surface area contributed by atoms with Crippen molar-refractivity contribution < 1.29 is 9.53 Å². The van der Waals surface area contributed by atoms with E-state index in [4.69, 9.17) is 9.72 Å². The molecule has 6 nitrogen and oxygen atoms in total. The van der Waals surface area contributed by atoms with Crippen LogP contribution in [0.5, 0.6) is 0 Å². The van der Waals surface area contributed by atoms with E-state index in [9.17, 15) is 4.79 Å². The van der Waals surface area contributed by atoms with Gasteiger partial charge in [0.15, 0.2) is 5.65 Å². The van der Waals surface area contributed by atoms with Crippen LogP contribution in [0.1, 0.15) is 35.7 Å². The first-order valence-electron chi connectivity index (χ1n) is 9.51. The van der Waals surface area contributed by atoms with Gasteiger partial charge in [0, 0.05) is 6.54 Å². The molecule has 1 saturated heterocycles. The summed E-state index contributed by atoms with van der Waals surface area (Å²) >= 11 is 0. The summed E-state index contributed by atoms with van der Waals surface area (Å²) in [5.41, 5.74) is 4.24. The van der Waals surface area contributed by atoms with Gasteiger partial charge in [-0.1, -0.05) is 19.1 Å². The standard InChI is InChI=1S/C21H26N4O2/c1-5-14-13-15(21(26)27-4)19-22-16-9-6-7-10-17(16)25(19)20(14)24-12-8-11-18(24)23(2)3/h6-7,9-10,13,18H,5,8,11-12H2,1-4H3/t18-/m0/s1. The third kappa shape index (κ3) is 2.75. The number of ether oxygens (including phenoxy) is 1. The highest BCUT2D eigenvalue weighted by Gasteiger charge is 2.31. The van der Waals surface area contributed by atoms with Crippen LogP contribution in [-0.2, 0) is 11.2 Å². The number of aryl methyl sites for hydroxylation is 1. The lowest BCUT2D eigenvalue weighted by Crippen LogP contribution is -2.41. The van der Waals surface area contributed by atoms with Crippen LogP contribution >= 0.6 is 0 Å². The number of carbonyl (C=O) groups is 1. The van der Waals surface area contributed by atoms with Gasteiger partial charge in [0.05, 0.1) is 24.3 Å². The number of methoxy groups -OCH3 is 1. The summed E-state index contributed by atoms with van der Waals surface area (Å²) in [6, 6.07) is 10.0. The van der Waals surface area contributed by atoms with Crippen molar-refractivity contribution in [3.8, 4) is 0 Å². The monoisotopic (exact) mass is 366 g/mol. The first-order valence-corrected chi connectivity index (χ1v) is 9.51. The van der Waals surface area contributed by atoms with Crippen molar-refractivity contribution in [2.75, 3.05) is 32.6 Å². The highest BCUT2D eigenvalue weighted by atomic mass is 16.5. The predicted octanol–water partition coefficient (Wildman–Crippen LogP) is 3.32. The minimum absolute atomic E-state index is 0.337. The van der Waals surface area contributed by atoms with Gasteiger partial charge in [-0.15, -0.1) is 0 Å². The van der Waals surface area contributed by atoms with Crippen LogP contribution in [-0.4, -0.2) is 54.2 Å². The second kappa shape index (κ2) is 6.85. The van der Waals surface area contributed by atoms with Gasteiger partial charge in [0.2, 0.25) is 0 Å². The maximum absolute atomic E-state index is 12.5. The average molecular weight is 366 g/mol. The number of carbonyl (C=O) groups excluding carboxylic acids is 1. The lowest BCUT2D eigenvalue weighted by atomic mass is 10.1. The molecular weight excluding hydrogens is 340 g/mol. The highest BCUT2D eigenvalue weighted by Crippen LogP contribution is 2.35. The summed E-state index contributed by atoms with van der Waals surface area (Å²) < 4.78 is 7.21. The van der Waals surface area contributed by atoms with Crippen LogP contribution in [0.15, 0.2) is 30.3 Å². The van der Waals surface area contributed by atoms with Crippen molar-refractivity contribution in [1.82, 2.24) is 14.3 Å². The quantitative estimate of drug-likeness (QED) is 0.663. The number of rotatable bonds is 4. The molecule has 3 aromatic rings. The van der Waals surface area contributed by atoms with Gasteiger partial charge < -0.3 is 9.64 Å². The van der Waals surface area contributed by atoms with Crippen LogP contribution < -0.4 is 4.90 Å². The summed E-state index contributed by atoms with van der Waals surface area (Å²) in [4.78, 5) is 22.0. The van der Waals surface area contributed by atoms with Crippen molar-refractivity contribution in [1.29, 1.82) is 0 Å². The SMILES string of the molecule is CCc1cc(C(=O)OC)c2nc3ccccc3n2c1N1CCC[C@H]1N(C)C. The molecule has 142 valence electrons. The molecular formula is C21H26N4O2. The van der Waals surface area contributed by atoms with E-state index in [-0.39, 0.29) is 5.97 Å². The fourth-order valence-electron chi connectivity index (χ4n) is 4.23. The summed E-state index contributed by atoms with van der Waals surface area (Å²) in [5.74, 6) is 0.798. The average Bonchev–Trinajstić information content (AvgIpc) is 3.31. The van der Waals surface area contributed by atoms with E-state index in [1.54, 1.807) is 0 Å². The molecule has 4 rings (SSSR count). The second-order valence-corrected chi connectivity index (χ2v) is 7.29. The zero-order valence-electron chi connectivity index (χ0n) is 16.4. The molecule has 1 aromatic carbocycles. The fraction of sp³-hybridized carbons (Fsp3) is 0.429. The van der Waals surface area contributed by atoms with Gasteiger partial charge in [0.25, 0.3) is 0 Å². The molecule has 0 saturated carbocycles. The third-order valence-electron chi connectivity index (χ3n) is 5.49. The predicted molar refractivity (Wildman–Crippen MR) is 107 cm³/mol. The van der Waals surface area contributed by atoms with E-state index in [0.29, 0.717) is 17.4 Å². The number of imidazole rings is 1. The first-order chi connectivity index (χ1) is 13.1. The van der Waals surface area contributed by atoms with E-state index < -0.39 is 0 Å². The molecule has 1 atom stereocenters. The zero-order chi connectivity index (χ0) is 19.1. The van der Waals surface area contributed by atoms with Crippen molar-refractivity contribution in [2.24, 2.45) is 0 Å². The Morgan fingerprint density at radius 3 is 2.81 bits per heavy atom. The van der Waals surface area contributed by atoms with Gasteiger partial charge in [-0.25, -0.2) is 9.78 Å². The number of hydrogen-bond donors (Lipinski definition) is 0. The van der Waals surface area contributed by atoms with Crippen molar-refractivity contribution in [3.63, 3.8) is 0 Å². The molecule has 0 amide bonds.